The van der Waals surface area contributed by atoms with Crippen LogP contribution >= 0.6 is 11.6 Å². The van der Waals surface area contributed by atoms with Gasteiger partial charge >= 0.3 is 0 Å². The zero-order valence-electron chi connectivity index (χ0n) is 11.5. The van der Waals surface area contributed by atoms with E-state index >= 15 is 0 Å². The van der Waals surface area contributed by atoms with Gasteiger partial charge in [0.2, 0.25) is 5.91 Å². The zero-order valence-corrected chi connectivity index (χ0v) is 12.3. The minimum absolute atomic E-state index is 0.0317. The van der Waals surface area contributed by atoms with E-state index in [1.165, 1.54) is 5.56 Å². The molecule has 2 aromatic rings. The third-order valence-corrected chi connectivity index (χ3v) is 3.45. The first kappa shape index (κ1) is 14.6. The quantitative estimate of drug-likeness (QED) is 0.891. The van der Waals surface area contributed by atoms with Crippen LogP contribution in [-0.4, -0.2) is 5.91 Å². The molecule has 0 aliphatic rings. The molecule has 0 spiro atoms. The van der Waals surface area contributed by atoms with Crippen LogP contribution in [0, 0.1) is 0 Å². The molecule has 0 saturated heterocycles. The largest absolute Gasteiger partial charge is 0.352 e. The number of aryl methyl sites for hydroxylation is 1. The Bertz CT molecular complexity index is 561. The van der Waals surface area contributed by atoms with Gasteiger partial charge in [-0.1, -0.05) is 54.9 Å². The van der Waals surface area contributed by atoms with E-state index in [4.69, 9.17) is 11.6 Å². The summed E-state index contributed by atoms with van der Waals surface area (Å²) in [7, 11) is 0. The highest BCUT2D eigenvalue weighted by Crippen LogP contribution is 2.09. The number of rotatable bonds is 5. The summed E-state index contributed by atoms with van der Waals surface area (Å²) in [6.45, 7) is 2.65. The molecule has 0 fully saturated rings. The van der Waals surface area contributed by atoms with E-state index in [9.17, 15) is 4.79 Å². The lowest BCUT2D eigenvalue weighted by Crippen LogP contribution is -2.24. The number of carbonyl (C=O) groups excluding carboxylic acids is 1. The van der Waals surface area contributed by atoms with E-state index in [-0.39, 0.29) is 5.91 Å². The fraction of sp³-hybridized carbons (Fsp3) is 0.235. The molecule has 0 radical (unpaired) electrons. The van der Waals surface area contributed by atoms with E-state index in [0.717, 1.165) is 17.5 Å². The maximum Gasteiger partial charge on any atom is 0.224 e. The molecule has 1 N–H and O–H groups in total. The lowest BCUT2D eigenvalue weighted by molar-refractivity contribution is -0.120. The van der Waals surface area contributed by atoms with Crippen molar-refractivity contribution in [2.24, 2.45) is 0 Å². The van der Waals surface area contributed by atoms with Crippen LogP contribution in [0.2, 0.25) is 5.02 Å². The second-order valence-electron chi connectivity index (χ2n) is 4.75. The molecule has 0 aliphatic heterocycles. The minimum atomic E-state index is 0.0317. The third-order valence-electron chi connectivity index (χ3n) is 3.20. The Morgan fingerprint density at radius 3 is 2.10 bits per heavy atom. The molecule has 0 saturated carbocycles. The topological polar surface area (TPSA) is 29.1 Å². The second kappa shape index (κ2) is 7.11. The molecule has 3 heteroatoms. The normalized spacial score (nSPS) is 10.3. The summed E-state index contributed by atoms with van der Waals surface area (Å²) < 4.78 is 0. The van der Waals surface area contributed by atoms with E-state index in [1.807, 2.05) is 36.4 Å². The molecule has 0 unspecified atom stereocenters. The standard InChI is InChI=1S/C17H18ClNO/c1-2-13-3-5-14(6-4-13)11-17(20)19-12-15-7-9-16(18)10-8-15/h3-10H,2,11-12H2,1H3,(H,19,20). The molecule has 2 aromatic carbocycles. The summed E-state index contributed by atoms with van der Waals surface area (Å²) in [5.41, 5.74) is 3.37. The Balaban J connectivity index is 1.84. The summed E-state index contributed by atoms with van der Waals surface area (Å²) >= 11 is 5.82. The fourth-order valence-corrected chi connectivity index (χ4v) is 2.07. The maximum atomic E-state index is 11.9. The predicted molar refractivity (Wildman–Crippen MR) is 82.8 cm³/mol. The van der Waals surface area contributed by atoms with Crippen LogP contribution in [0.1, 0.15) is 23.6 Å². The molecule has 1 amide bonds. The number of amides is 1. The average molecular weight is 288 g/mol. The molecular weight excluding hydrogens is 270 g/mol. The highest BCUT2D eigenvalue weighted by atomic mass is 35.5. The summed E-state index contributed by atoms with van der Waals surface area (Å²) in [5, 5.41) is 3.62. The molecule has 20 heavy (non-hydrogen) atoms. The van der Waals surface area contributed by atoms with Gasteiger partial charge in [-0.15, -0.1) is 0 Å². The minimum Gasteiger partial charge on any atom is -0.352 e. The van der Waals surface area contributed by atoms with E-state index < -0.39 is 0 Å². The highest BCUT2D eigenvalue weighted by Gasteiger charge is 2.03. The van der Waals surface area contributed by atoms with Gasteiger partial charge < -0.3 is 5.32 Å². The number of halogens is 1. The van der Waals surface area contributed by atoms with Crippen molar-refractivity contribution in [2.75, 3.05) is 0 Å². The van der Waals surface area contributed by atoms with Crippen molar-refractivity contribution in [1.82, 2.24) is 5.32 Å². The van der Waals surface area contributed by atoms with E-state index in [1.54, 1.807) is 0 Å². The first-order valence-corrected chi connectivity index (χ1v) is 7.14. The highest BCUT2D eigenvalue weighted by molar-refractivity contribution is 6.30. The summed E-state index contributed by atoms with van der Waals surface area (Å²) in [4.78, 5) is 11.9. The molecule has 2 rings (SSSR count). The van der Waals surface area contributed by atoms with Gasteiger partial charge in [-0.05, 0) is 35.2 Å². The van der Waals surface area contributed by atoms with E-state index in [0.29, 0.717) is 18.0 Å². The van der Waals surface area contributed by atoms with Gasteiger partial charge in [-0.2, -0.15) is 0 Å². The molecule has 2 nitrogen and oxygen atoms in total. The fourth-order valence-electron chi connectivity index (χ4n) is 1.94. The van der Waals surface area contributed by atoms with Crippen molar-refractivity contribution >= 4 is 17.5 Å². The number of benzene rings is 2. The van der Waals surface area contributed by atoms with Gasteiger partial charge in [-0.3, -0.25) is 4.79 Å². The van der Waals surface area contributed by atoms with Crippen molar-refractivity contribution in [3.05, 3.63) is 70.2 Å². The molecule has 104 valence electrons. The van der Waals surface area contributed by atoms with Crippen molar-refractivity contribution in [3.63, 3.8) is 0 Å². The van der Waals surface area contributed by atoms with Crippen molar-refractivity contribution < 1.29 is 4.79 Å². The van der Waals surface area contributed by atoms with Crippen LogP contribution in [0.5, 0.6) is 0 Å². The summed E-state index contributed by atoms with van der Waals surface area (Å²) in [6.07, 6.45) is 1.43. The van der Waals surface area contributed by atoms with Crippen LogP contribution in [-0.2, 0) is 24.2 Å². The number of hydrogen-bond acceptors (Lipinski definition) is 1. The van der Waals surface area contributed by atoms with Crippen molar-refractivity contribution in [3.8, 4) is 0 Å². The Morgan fingerprint density at radius 1 is 0.950 bits per heavy atom. The van der Waals surface area contributed by atoms with Crippen LogP contribution < -0.4 is 5.32 Å². The Morgan fingerprint density at radius 2 is 1.50 bits per heavy atom. The number of hydrogen-bond donors (Lipinski definition) is 1. The van der Waals surface area contributed by atoms with E-state index in [2.05, 4.69) is 24.4 Å². The molecule has 0 atom stereocenters. The van der Waals surface area contributed by atoms with Crippen LogP contribution in [0.4, 0.5) is 0 Å². The van der Waals surface area contributed by atoms with Crippen molar-refractivity contribution in [1.29, 1.82) is 0 Å². The Hall–Kier alpha value is -1.80. The smallest absolute Gasteiger partial charge is 0.224 e. The molecule has 0 aliphatic carbocycles. The van der Waals surface area contributed by atoms with Gasteiger partial charge in [0.05, 0.1) is 6.42 Å². The lowest BCUT2D eigenvalue weighted by Gasteiger charge is -2.06. The first-order chi connectivity index (χ1) is 9.67. The second-order valence-corrected chi connectivity index (χ2v) is 5.19. The van der Waals surface area contributed by atoms with Gasteiger partial charge in [0.25, 0.3) is 0 Å². The Kier molecular flexibility index (Phi) is 5.19. The van der Waals surface area contributed by atoms with Crippen LogP contribution in [0.25, 0.3) is 0 Å². The average Bonchev–Trinajstić information content (AvgIpc) is 2.47. The summed E-state index contributed by atoms with van der Waals surface area (Å²) in [6, 6.07) is 15.7. The Labute approximate surface area is 124 Å². The SMILES string of the molecule is CCc1ccc(CC(=O)NCc2ccc(Cl)cc2)cc1. The van der Waals surface area contributed by atoms with Crippen LogP contribution in [0.3, 0.4) is 0 Å². The maximum absolute atomic E-state index is 11.9. The van der Waals surface area contributed by atoms with Crippen molar-refractivity contribution in [2.45, 2.75) is 26.3 Å². The predicted octanol–water partition coefficient (Wildman–Crippen LogP) is 3.76. The molecule has 0 heterocycles. The summed E-state index contributed by atoms with van der Waals surface area (Å²) in [5.74, 6) is 0.0317. The van der Waals surface area contributed by atoms with Gasteiger partial charge in [0.15, 0.2) is 0 Å². The number of nitrogens with one attached hydrogen (secondary N) is 1. The molecule has 0 bridgehead atoms. The van der Waals surface area contributed by atoms with Gasteiger partial charge in [-0.25, -0.2) is 0 Å². The lowest BCUT2D eigenvalue weighted by atomic mass is 10.1. The van der Waals surface area contributed by atoms with Gasteiger partial charge in [0, 0.05) is 11.6 Å². The monoisotopic (exact) mass is 287 g/mol. The molecular formula is C17H18ClNO. The zero-order chi connectivity index (χ0) is 14.4. The van der Waals surface area contributed by atoms with Crippen LogP contribution in [0.15, 0.2) is 48.5 Å². The molecule has 0 aromatic heterocycles. The van der Waals surface area contributed by atoms with Gasteiger partial charge in [0.1, 0.15) is 0 Å². The number of carbonyl (C=O) groups is 1. The third kappa shape index (κ3) is 4.39. The first-order valence-electron chi connectivity index (χ1n) is 6.76.